The van der Waals surface area contributed by atoms with Gasteiger partial charge in [0.15, 0.2) is 0 Å². The molecule has 17 heavy (non-hydrogen) atoms. The molecule has 4 nitrogen and oxygen atoms in total. The van der Waals surface area contributed by atoms with Crippen molar-refractivity contribution in [2.24, 2.45) is 0 Å². The van der Waals surface area contributed by atoms with Gasteiger partial charge in [0.2, 0.25) is 0 Å². The summed E-state index contributed by atoms with van der Waals surface area (Å²) in [5, 5.41) is 9.52. The third-order valence-electron chi connectivity index (χ3n) is 2.73. The van der Waals surface area contributed by atoms with E-state index in [4.69, 9.17) is 0 Å². The second-order valence-electron chi connectivity index (χ2n) is 4.59. The Balaban J connectivity index is 2.34. The lowest BCUT2D eigenvalue weighted by Crippen LogP contribution is -2.39. The predicted octanol–water partition coefficient (Wildman–Crippen LogP) is 0.520. The summed E-state index contributed by atoms with van der Waals surface area (Å²) in [4.78, 5) is 3.80. The number of likely N-dealkylation sites (N-methyl/N-ethyl adjacent to an activating group) is 1. The maximum atomic E-state index is 11.8. The SMILES string of the molecule is CN(C)CC1CC(O)CN1CCOC(F)(F)F. The Labute approximate surface area is 98.9 Å². The number of alkyl halides is 3. The highest BCUT2D eigenvalue weighted by molar-refractivity contribution is 4.86. The molecule has 1 N–H and O–H groups in total. The first-order chi connectivity index (χ1) is 7.78. The maximum absolute atomic E-state index is 11.8. The summed E-state index contributed by atoms with van der Waals surface area (Å²) >= 11 is 0. The number of ether oxygens (including phenoxy) is 1. The average Bonchev–Trinajstić information content (AvgIpc) is 2.43. The van der Waals surface area contributed by atoms with E-state index in [1.807, 2.05) is 23.9 Å². The van der Waals surface area contributed by atoms with Crippen molar-refractivity contribution in [1.82, 2.24) is 9.80 Å². The van der Waals surface area contributed by atoms with Gasteiger partial charge in [-0.2, -0.15) is 0 Å². The summed E-state index contributed by atoms with van der Waals surface area (Å²) in [7, 11) is 3.80. The Kier molecular flexibility index (Phi) is 5.18. The Hall–Kier alpha value is -0.370. The molecule has 0 spiro atoms. The molecular formula is C10H19F3N2O2. The van der Waals surface area contributed by atoms with Crippen LogP contribution >= 0.6 is 0 Å². The minimum absolute atomic E-state index is 0.0943. The largest absolute Gasteiger partial charge is 0.522 e. The third-order valence-corrected chi connectivity index (χ3v) is 2.73. The van der Waals surface area contributed by atoms with Crippen molar-refractivity contribution in [2.75, 3.05) is 40.3 Å². The fourth-order valence-corrected chi connectivity index (χ4v) is 2.12. The Morgan fingerprint density at radius 3 is 2.59 bits per heavy atom. The number of hydrogen-bond acceptors (Lipinski definition) is 4. The van der Waals surface area contributed by atoms with Crippen LogP contribution in [0.1, 0.15) is 6.42 Å². The predicted molar refractivity (Wildman–Crippen MR) is 56.5 cm³/mol. The maximum Gasteiger partial charge on any atom is 0.522 e. The second kappa shape index (κ2) is 5.99. The first-order valence-corrected chi connectivity index (χ1v) is 5.55. The molecule has 1 aliphatic heterocycles. The number of aliphatic hydroxyl groups is 1. The van der Waals surface area contributed by atoms with Crippen molar-refractivity contribution in [3.8, 4) is 0 Å². The van der Waals surface area contributed by atoms with Crippen molar-refractivity contribution >= 4 is 0 Å². The first-order valence-electron chi connectivity index (χ1n) is 5.55. The van der Waals surface area contributed by atoms with E-state index in [1.54, 1.807) is 0 Å². The molecule has 1 heterocycles. The molecule has 102 valence electrons. The summed E-state index contributed by atoms with van der Waals surface area (Å²) < 4.78 is 39.2. The van der Waals surface area contributed by atoms with Crippen molar-refractivity contribution in [3.63, 3.8) is 0 Å². The molecule has 0 aromatic carbocycles. The van der Waals surface area contributed by atoms with Crippen LogP contribution in [0, 0.1) is 0 Å². The molecule has 0 aromatic rings. The van der Waals surface area contributed by atoms with Crippen LogP contribution in [0.25, 0.3) is 0 Å². The monoisotopic (exact) mass is 256 g/mol. The lowest BCUT2D eigenvalue weighted by atomic mass is 10.2. The highest BCUT2D eigenvalue weighted by atomic mass is 19.4. The Morgan fingerprint density at radius 2 is 2.06 bits per heavy atom. The molecule has 7 heteroatoms. The Morgan fingerprint density at radius 1 is 1.41 bits per heavy atom. The molecule has 1 saturated heterocycles. The number of halogens is 3. The summed E-state index contributed by atoms with van der Waals surface area (Å²) in [6.07, 6.45) is -4.43. The van der Waals surface area contributed by atoms with Crippen molar-refractivity contribution in [1.29, 1.82) is 0 Å². The topological polar surface area (TPSA) is 35.9 Å². The molecular weight excluding hydrogens is 237 g/mol. The summed E-state index contributed by atoms with van der Waals surface area (Å²) in [5.74, 6) is 0. The standard InChI is InChI=1S/C10H19F3N2O2/c1-14(2)6-8-5-9(16)7-15(8)3-4-17-10(11,12)13/h8-9,16H,3-7H2,1-2H3. The lowest BCUT2D eigenvalue weighted by Gasteiger charge is -2.26. The van der Waals surface area contributed by atoms with Crippen LogP contribution in [0.5, 0.6) is 0 Å². The molecule has 0 saturated carbocycles. The van der Waals surface area contributed by atoms with Crippen LogP contribution in [0.15, 0.2) is 0 Å². The van der Waals surface area contributed by atoms with Gasteiger partial charge in [-0.3, -0.25) is 9.64 Å². The molecule has 2 atom stereocenters. The van der Waals surface area contributed by atoms with Gasteiger partial charge >= 0.3 is 6.36 Å². The van der Waals surface area contributed by atoms with E-state index in [-0.39, 0.29) is 19.2 Å². The quantitative estimate of drug-likeness (QED) is 0.778. The summed E-state index contributed by atoms with van der Waals surface area (Å²) in [5.41, 5.74) is 0. The number of β-amino-alcohol motifs (C(OH)–C–C–N with tert-alkyl or cyclic N) is 1. The first kappa shape index (κ1) is 14.7. The van der Waals surface area contributed by atoms with E-state index in [0.29, 0.717) is 13.0 Å². The van der Waals surface area contributed by atoms with E-state index < -0.39 is 12.5 Å². The molecule has 2 unspecified atom stereocenters. The van der Waals surface area contributed by atoms with Crippen LogP contribution in [0.4, 0.5) is 13.2 Å². The van der Waals surface area contributed by atoms with Gasteiger partial charge in [-0.25, -0.2) is 0 Å². The molecule has 0 amide bonds. The molecule has 1 rings (SSSR count). The summed E-state index contributed by atoms with van der Waals surface area (Å²) in [6, 6.07) is 0.0943. The van der Waals surface area contributed by atoms with E-state index >= 15 is 0 Å². The van der Waals surface area contributed by atoms with Gasteiger partial charge in [0.1, 0.15) is 0 Å². The van der Waals surface area contributed by atoms with E-state index in [9.17, 15) is 18.3 Å². The minimum Gasteiger partial charge on any atom is -0.392 e. The zero-order valence-corrected chi connectivity index (χ0v) is 10.1. The van der Waals surface area contributed by atoms with Crippen LogP contribution in [-0.2, 0) is 4.74 Å². The smallest absolute Gasteiger partial charge is 0.392 e. The second-order valence-corrected chi connectivity index (χ2v) is 4.59. The van der Waals surface area contributed by atoms with Crippen LogP contribution in [0.2, 0.25) is 0 Å². The van der Waals surface area contributed by atoms with Gasteiger partial charge in [-0.05, 0) is 20.5 Å². The number of aliphatic hydroxyl groups excluding tert-OH is 1. The zero-order chi connectivity index (χ0) is 13.1. The van der Waals surface area contributed by atoms with Crippen molar-refractivity contribution < 1.29 is 23.0 Å². The average molecular weight is 256 g/mol. The molecule has 0 bridgehead atoms. The van der Waals surface area contributed by atoms with Gasteiger partial charge in [0, 0.05) is 25.7 Å². The van der Waals surface area contributed by atoms with Gasteiger partial charge in [0.05, 0.1) is 12.7 Å². The van der Waals surface area contributed by atoms with Gasteiger partial charge < -0.3 is 10.0 Å². The fraction of sp³-hybridized carbons (Fsp3) is 1.00. The Bertz CT molecular complexity index is 236. The number of rotatable bonds is 5. The van der Waals surface area contributed by atoms with Crippen molar-refractivity contribution in [3.05, 3.63) is 0 Å². The fourth-order valence-electron chi connectivity index (χ4n) is 2.12. The number of hydrogen-bond donors (Lipinski definition) is 1. The highest BCUT2D eigenvalue weighted by Crippen LogP contribution is 2.20. The molecule has 0 radical (unpaired) electrons. The normalized spacial score (nSPS) is 27.0. The van der Waals surface area contributed by atoms with E-state index in [2.05, 4.69) is 4.74 Å². The van der Waals surface area contributed by atoms with E-state index in [1.165, 1.54) is 0 Å². The van der Waals surface area contributed by atoms with Crippen LogP contribution < -0.4 is 0 Å². The number of nitrogens with zero attached hydrogens (tertiary/aromatic N) is 2. The summed E-state index contributed by atoms with van der Waals surface area (Å²) in [6.45, 7) is 0.942. The lowest BCUT2D eigenvalue weighted by molar-refractivity contribution is -0.325. The van der Waals surface area contributed by atoms with Gasteiger partial charge in [-0.1, -0.05) is 0 Å². The highest BCUT2D eigenvalue weighted by Gasteiger charge is 2.33. The van der Waals surface area contributed by atoms with Crippen LogP contribution in [0.3, 0.4) is 0 Å². The van der Waals surface area contributed by atoms with E-state index in [0.717, 1.165) is 6.54 Å². The van der Waals surface area contributed by atoms with Crippen LogP contribution in [-0.4, -0.2) is 73.8 Å². The van der Waals surface area contributed by atoms with Crippen molar-refractivity contribution in [2.45, 2.75) is 24.9 Å². The number of likely N-dealkylation sites (tertiary alicyclic amines) is 1. The third kappa shape index (κ3) is 5.67. The van der Waals surface area contributed by atoms with Gasteiger partial charge in [0.25, 0.3) is 0 Å². The molecule has 1 fully saturated rings. The minimum atomic E-state index is -4.57. The molecule has 0 aliphatic carbocycles. The molecule has 0 aromatic heterocycles. The molecule has 1 aliphatic rings. The zero-order valence-electron chi connectivity index (χ0n) is 10.1. The van der Waals surface area contributed by atoms with Gasteiger partial charge in [-0.15, -0.1) is 13.2 Å².